The summed E-state index contributed by atoms with van der Waals surface area (Å²) in [4.78, 5) is 36.0. The molecule has 1 aliphatic rings. The Kier molecular flexibility index (Phi) is 5.54. The van der Waals surface area contributed by atoms with Crippen molar-refractivity contribution >= 4 is 34.8 Å². The van der Waals surface area contributed by atoms with Gasteiger partial charge in [-0.1, -0.05) is 24.9 Å². The van der Waals surface area contributed by atoms with E-state index >= 15 is 0 Å². The van der Waals surface area contributed by atoms with Crippen molar-refractivity contribution in [3.8, 4) is 0 Å². The van der Waals surface area contributed by atoms with E-state index in [1.54, 1.807) is 4.90 Å². The monoisotopic (exact) mass is 339 g/mol. The van der Waals surface area contributed by atoms with Crippen LogP contribution >= 0.6 is 11.6 Å². The molecule has 0 spiro atoms. The van der Waals surface area contributed by atoms with Gasteiger partial charge in [0.2, 0.25) is 11.8 Å². The average molecular weight is 340 g/mol. The Morgan fingerprint density at radius 3 is 2.87 bits per heavy atom. The van der Waals surface area contributed by atoms with Crippen LogP contribution in [0.15, 0.2) is 18.2 Å². The van der Waals surface area contributed by atoms with Crippen molar-refractivity contribution in [1.29, 1.82) is 0 Å². The predicted octanol–water partition coefficient (Wildman–Crippen LogP) is 2.84. The topological polar surface area (TPSA) is 92.6 Å². The number of rotatable bonds is 6. The van der Waals surface area contributed by atoms with Crippen molar-refractivity contribution in [1.82, 2.24) is 4.90 Å². The zero-order valence-corrected chi connectivity index (χ0v) is 13.5. The number of benzene rings is 1. The van der Waals surface area contributed by atoms with Gasteiger partial charge in [0.15, 0.2) is 0 Å². The summed E-state index contributed by atoms with van der Waals surface area (Å²) in [7, 11) is 0. The Morgan fingerprint density at radius 2 is 2.26 bits per heavy atom. The summed E-state index contributed by atoms with van der Waals surface area (Å²) in [6, 6.07) is 3.85. The lowest BCUT2D eigenvalue weighted by Crippen LogP contribution is -2.29. The molecule has 0 aromatic heterocycles. The number of likely N-dealkylation sites (tertiary alicyclic amines) is 1. The minimum absolute atomic E-state index is 0.0200. The largest absolute Gasteiger partial charge is 0.342 e. The number of unbranched alkanes of at least 4 members (excludes halogenated alkanes) is 1. The highest BCUT2D eigenvalue weighted by atomic mass is 35.5. The third-order valence-corrected chi connectivity index (χ3v) is 4.10. The van der Waals surface area contributed by atoms with Gasteiger partial charge in [0.05, 0.1) is 21.6 Å². The fourth-order valence-corrected chi connectivity index (χ4v) is 2.69. The Bertz CT molecular complexity index is 635. The smallest absolute Gasteiger partial charge is 0.271 e. The van der Waals surface area contributed by atoms with E-state index in [-0.39, 0.29) is 28.9 Å². The fourth-order valence-electron chi connectivity index (χ4n) is 2.47. The number of nitro groups is 1. The number of carbonyl (C=O) groups is 2. The lowest BCUT2D eigenvalue weighted by Gasteiger charge is -2.16. The van der Waals surface area contributed by atoms with Crippen LogP contribution in [0.3, 0.4) is 0 Å². The molecule has 1 fully saturated rings. The molecule has 7 nitrogen and oxygen atoms in total. The van der Waals surface area contributed by atoms with Gasteiger partial charge >= 0.3 is 0 Å². The van der Waals surface area contributed by atoms with Crippen molar-refractivity contribution < 1.29 is 14.5 Å². The van der Waals surface area contributed by atoms with E-state index in [2.05, 4.69) is 5.32 Å². The van der Waals surface area contributed by atoms with E-state index in [0.29, 0.717) is 18.8 Å². The van der Waals surface area contributed by atoms with Crippen LogP contribution in [0.25, 0.3) is 0 Å². The van der Waals surface area contributed by atoms with Crippen LogP contribution in [0.2, 0.25) is 5.02 Å². The molecule has 1 unspecified atom stereocenters. The van der Waals surface area contributed by atoms with Gasteiger partial charge in [-0.25, -0.2) is 0 Å². The predicted molar refractivity (Wildman–Crippen MR) is 86.3 cm³/mol. The maximum absolute atomic E-state index is 12.3. The third kappa shape index (κ3) is 4.19. The maximum Gasteiger partial charge on any atom is 0.271 e. The van der Waals surface area contributed by atoms with E-state index in [1.807, 2.05) is 6.92 Å². The second-order valence-corrected chi connectivity index (χ2v) is 5.91. The van der Waals surface area contributed by atoms with Crippen molar-refractivity contribution in [3.63, 3.8) is 0 Å². The molecule has 1 saturated heterocycles. The first-order chi connectivity index (χ1) is 10.9. The SMILES string of the molecule is CCCCN1CC(C(=O)Nc2ccc([N+](=O)[O-])cc2Cl)CC1=O. The molecule has 23 heavy (non-hydrogen) atoms. The molecule has 0 bridgehead atoms. The highest BCUT2D eigenvalue weighted by Gasteiger charge is 2.34. The first-order valence-corrected chi connectivity index (χ1v) is 7.82. The van der Waals surface area contributed by atoms with Gasteiger partial charge in [-0.3, -0.25) is 19.7 Å². The average Bonchev–Trinajstić information content (AvgIpc) is 2.88. The highest BCUT2D eigenvalue weighted by molar-refractivity contribution is 6.34. The molecule has 8 heteroatoms. The van der Waals surface area contributed by atoms with Gasteiger partial charge in [0.25, 0.3) is 5.69 Å². The van der Waals surface area contributed by atoms with E-state index in [0.717, 1.165) is 12.8 Å². The molecule has 2 amide bonds. The molecule has 2 rings (SSSR count). The molecule has 1 heterocycles. The molecule has 1 aliphatic heterocycles. The number of nitrogens with one attached hydrogen (secondary N) is 1. The molecule has 0 aliphatic carbocycles. The second kappa shape index (κ2) is 7.41. The van der Waals surface area contributed by atoms with Crippen LogP contribution in [-0.2, 0) is 9.59 Å². The van der Waals surface area contributed by atoms with Gasteiger partial charge in [-0.05, 0) is 12.5 Å². The summed E-state index contributed by atoms with van der Waals surface area (Å²) in [5, 5.41) is 13.4. The van der Waals surface area contributed by atoms with Crippen molar-refractivity contribution in [2.75, 3.05) is 18.4 Å². The number of hydrogen-bond donors (Lipinski definition) is 1. The van der Waals surface area contributed by atoms with E-state index in [1.165, 1.54) is 18.2 Å². The molecular weight excluding hydrogens is 322 g/mol. The number of hydrogen-bond acceptors (Lipinski definition) is 4. The number of nitro benzene ring substituents is 1. The minimum atomic E-state index is -0.557. The molecule has 1 aromatic carbocycles. The quantitative estimate of drug-likeness (QED) is 0.637. The van der Waals surface area contributed by atoms with Gasteiger partial charge in [0, 0.05) is 31.6 Å². The van der Waals surface area contributed by atoms with Crippen LogP contribution in [0.5, 0.6) is 0 Å². The van der Waals surface area contributed by atoms with Crippen molar-refractivity contribution in [2.24, 2.45) is 5.92 Å². The standard InChI is InChI=1S/C15H18ClN3O4/c1-2-3-6-18-9-10(7-14(18)20)15(21)17-13-5-4-11(19(22)23)8-12(13)16/h4-5,8,10H,2-3,6-7,9H2,1H3,(H,17,21). The molecule has 0 saturated carbocycles. The van der Waals surface area contributed by atoms with Gasteiger partial charge < -0.3 is 10.2 Å². The summed E-state index contributed by atoms with van der Waals surface area (Å²) in [5.74, 6) is -0.743. The Morgan fingerprint density at radius 1 is 1.52 bits per heavy atom. The minimum Gasteiger partial charge on any atom is -0.342 e. The van der Waals surface area contributed by atoms with Crippen LogP contribution in [-0.4, -0.2) is 34.7 Å². The Hall–Kier alpha value is -2.15. The maximum atomic E-state index is 12.3. The van der Waals surface area contributed by atoms with Crippen LogP contribution in [0.4, 0.5) is 11.4 Å². The molecular formula is C15H18ClN3O4. The van der Waals surface area contributed by atoms with Gasteiger partial charge in [-0.15, -0.1) is 0 Å². The molecule has 1 N–H and O–H groups in total. The summed E-state index contributed by atoms with van der Waals surface area (Å²) < 4.78 is 0. The summed E-state index contributed by atoms with van der Waals surface area (Å²) in [5.41, 5.74) is 0.163. The molecule has 0 radical (unpaired) electrons. The zero-order chi connectivity index (χ0) is 17.0. The lowest BCUT2D eigenvalue weighted by molar-refractivity contribution is -0.384. The molecule has 1 atom stereocenters. The third-order valence-electron chi connectivity index (χ3n) is 3.79. The van der Waals surface area contributed by atoms with Gasteiger partial charge in [-0.2, -0.15) is 0 Å². The number of carbonyl (C=O) groups excluding carboxylic acids is 2. The van der Waals surface area contributed by atoms with E-state index in [4.69, 9.17) is 11.6 Å². The molecule has 124 valence electrons. The van der Waals surface area contributed by atoms with Crippen LogP contribution in [0, 0.1) is 16.0 Å². The first kappa shape index (κ1) is 17.2. The van der Waals surface area contributed by atoms with Crippen LogP contribution < -0.4 is 5.32 Å². The Labute approximate surface area is 138 Å². The van der Waals surface area contributed by atoms with Crippen LogP contribution in [0.1, 0.15) is 26.2 Å². The number of nitrogens with zero attached hydrogens (tertiary/aromatic N) is 2. The van der Waals surface area contributed by atoms with Crippen molar-refractivity contribution in [2.45, 2.75) is 26.2 Å². The van der Waals surface area contributed by atoms with Crippen molar-refractivity contribution in [3.05, 3.63) is 33.3 Å². The first-order valence-electron chi connectivity index (χ1n) is 7.45. The Balaban J connectivity index is 2.00. The summed E-state index contributed by atoms with van der Waals surface area (Å²) in [6.07, 6.45) is 2.08. The molecule has 1 aromatic rings. The number of non-ortho nitro benzene ring substituents is 1. The van der Waals surface area contributed by atoms with E-state index in [9.17, 15) is 19.7 Å². The highest BCUT2D eigenvalue weighted by Crippen LogP contribution is 2.28. The normalized spacial score (nSPS) is 17.4. The number of anilines is 1. The second-order valence-electron chi connectivity index (χ2n) is 5.50. The number of halogens is 1. The lowest BCUT2D eigenvalue weighted by atomic mass is 10.1. The van der Waals surface area contributed by atoms with E-state index < -0.39 is 10.8 Å². The zero-order valence-electron chi connectivity index (χ0n) is 12.8. The number of amides is 2. The summed E-state index contributed by atoms with van der Waals surface area (Å²) in [6.45, 7) is 3.11. The summed E-state index contributed by atoms with van der Waals surface area (Å²) >= 11 is 5.95. The van der Waals surface area contributed by atoms with Gasteiger partial charge in [0.1, 0.15) is 0 Å². The fraction of sp³-hybridized carbons (Fsp3) is 0.467.